The van der Waals surface area contributed by atoms with Crippen molar-refractivity contribution in [3.8, 4) is 0 Å². The van der Waals surface area contributed by atoms with Crippen molar-refractivity contribution in [3.05, 3.63) is 63.1 Å². The fourth-order valence-electron chi connectivity index (χ4n) is 2.37. The number of hydrogen-bond acceptors (Lipinski definition) is 9. The minimum atomic E-state index is -0.604. The highest BCUT2D eigenvalue weighted by atomic mass is 35.5. The lowest BCUT2D eigenvalue weighted by molar-refractivity contribution is -0.384. The smallest absolute Gasteiger partial charge is 0.341 e. The van der Waals surface area contributed by atoms with Crippen molar-refractivity contribution in [1.29, 1.82) is 0 Å². The molecular formula is C17H16ClN7O4. The van der Waals surface area contributed by atoms with Gasteiger partial charge in [0.25, 0.3) is 0 Å². The van der Waals surface area contributed by atoms with E-state index in [1.165, 1.54) is 6.20 Å². The number of anilines is 3. The maximum Gasteiger partial charge on any atom is 0.341 e. The van der Waals surface area contributed by atoms with E-state index in [2.05, 4.69) is 30.8 Å². The van der Waals surface area contributed by atoms with Crippen molar-refractivity contribution in [1.82, 2.24) is 20.2 Å². The van der Waals surface area contributed by atoms with Crippen LogP contribution in [0.25, 0.3) is 0 Å². The van der Waals surface area contributed by atoms with E-state index < -0.39 is 10.9 Å². The molecule has 0 aliphatic heterocycles. The molecule has 3 aromatic rings. The van der Waals surface area contributed by atoms with Gasteiger partial charge in [0.1, 0.15) is 11.8 Å². The first kappa shape index (κ1) is 20.0. The fraction of sp³-hybridized carbons (Fsp3) is 0.176. The number of benzene rings is 1. The molecule has 1 aromatic carbocycles. The number of aromatic nitrogens is 4. The molecule has 11 nitrogen and oxygen atoms in total. The molecule has 0 atom stereocenters. The molecule has 0 bridgehead atoms. The summed E-state index contributed by atoms with van der Waals surface area (Å²) >= 11 is 5.86. The molecule has 3 rings (SSSR count). The Labute approximate surface area is 169 Å². The van der Waals surface area contributed by atoms with Gasteiger partial charge in [-0.25, -0.2) is 9.78 Å². The topological polar surface area (TPSA) is 148 Å². The molecule has 0 aliphatic rings. The van der Waals surface area contributed by atoms with Crippen molar-refractivity contribution in [2.75, 3.05) is 17.2 Å². The Kier molecular flexibility index (Phi) is 6.19. The van der Waals surface area contributed by atoms with Gasteiger partial charge in [0.15, 0.2) is 0 Å². The van der Waals surface area contributed by atoms with Gasteiger partial charge in [-0.2, -0.15) is 10.1 Å². The second-order valence-corrected chi connectivity index (χ2v) is 6.09. The molecular weight excluding hydrogens is 402 g/mol. The van der Waals surface area contributed by atoms with Crippen LogP contribution in [0.4, 0.5) is 23.1 Å². The highest BCUT2D eigenvalue weighted by molar-refractivity contribution is 6.30. The molecule has 0 saturated heterocycles. The molecule has 0 aliphatic carbocycles. The second kappa shape index (κ2) is 8.97. The Morgan fingerprint density at radius 1 is 1.31 bits per heavy atom. The quantitative estimate of drug-likeness (QED) is 0.285. The monoisotopic (exact) mass is 417 g/mol. The van der Waals surface area contributed by atoms with Crippen LogP contribution in [0.3, 0.4) is 0 Å². The Morgan fingerprint density at radius 3 is 2.76 bits per heavy atom. The molecule has 2 heterocycles. The summed E-state index contributed by atoms with van der Waals surface area (Å²) in [6.07, 6.45) is 2.42. The van der Waals surface area contributed by atoms with Crippen molar-refractivity contribution < 1.29 is 14.5 Å². The molecule has 2 aromatic heterocycles. The fourth-order valence-corrected chi connectivity index (χ4v) is 2.49. The number of carbonyl (C=O) groups excluding carboxylic acids is 1. The summed E-state index contributed by atoms with van der Waals surface area (Å²) in [4.78, 5) is 30.8. The van der Waals surface area contributed by atoms with Gasteiger partial charge in [0, 0.05) is 10.7 Å². The molecule has 0 amide bonds. The zero-order valence-electron chi connectivity index (χ0n) is 15.2. The zero-order chi connectivity index (χ0) is 20.8. The van der Waals surface area contributed by atoms with E-state index in [-0.39, 0.29) is 36.2 Å². The third-order valence-electron chi connectivity index (χ3n) is 3.71. The first-order valence-corrected chi connectivity index (χ1v) is 8.83. The molecule has 150 valence electrons. The van der Waals surface area contributed by atoms with E-state index in [0.717, 1.165) is 6.20 Å². The predicted molar refractivity (Wildman–Crippen MR) is 105 cm³/mol. The van der Waals surface area contributed by atoms with Crippen LogP contribution in [-0.2, 0) is 11.3 Å². The SMILES string of the molecule is CCOC(=O)c1cn[nH]c1CNc1nc(Nc2ccc(Cl)cc2)ncc1[N+](=O)[O-]. The summed E-state index contributed by atoms with van der Waals surface area (Å²) in [5.74, 6) is -0.415. The highest BCUT2D eigenvalue weighted by Crippen LogP contribution is 2.24. The van der Waals surface area contributed by atoms with Crippen molar-refractivity contribution in [2.24, 2.45) is 0 Å². The largest absolute Gasteiger partial charge is 0.462 e. The molecule has 12 heteroatoms. The second-order valence-electron chi connectivity index (χ2n) is 5.65. The number of esters is 1. The van der Waals surface area contributed by atoms with E-state index in [0.29, 0.717) is 16.4 Å². The molecule has 3 N–H and O–H groups in total. The molecule has 0 saturated carbocycles. The molecule has 29 heavy (non-hydrogen) atoms. The van der Waals surface area contributed by atoms with E-state index in [1.807, 2.05) is 0 Å². The first-order chi connectivity index (χ1) is 14.0. The van der Waals surface area contributed by atoms with Crippen LogP contribution in [0.15, 0.2) is 36.7 Å². The zero-order valence-corrected chi connectivity index (χ0v) is 15.9. The van der Waals surface area contributed by atoms with E-state index in [9.17, 15) is 14.9 Å². The number of ether oxygens (including phenoxy) is 1. The summed E-state index contributed by atoms with van der Waals surface area (Å²) in [7, 11) is 0. The average Bonchev–Trinajstić information content (AvgIpc) is 3.17. The van der Waals surface area contributed by atoms with Crippen LogP contribution in [0.2, 0.25) is 5.02 Å². The van der Waals surface area contributed by atoms with E-state index in [1.54, 1.807) is 31.2 Å². The number of rotatable bonds is 8. The number of carbonyl (C=O) groups is 1. The lowest BCUT2D eigenvalue weighted by atomic mass is 10.2. The Morgan fingerprint density at radius 2 is 2.07 bits per heavy atom. The Hall–Kier alpha value is -3.73. The Balaban J connectivity index is 1.80. The van der Waals surface area contributed by atoms with Gasteiger partial charge in [0.2, 0.25) is 11.8 Å². The summed E-state index contributed by atoms with van der Waals surface area (Å²) in [6.45, 7) is 1.94. The molecule has 0 unspecified atom stereocenters. The normalized spacial score (nSPS) is 10.4. The van der Waals surface area contributed by atoms with Crippen molar-refractivity contribution >= 4 is 40.7 Å². The van der Waals surface area contributed by atoms with Crippen molar-refractivity contribution in [3.63, 3.8) is 0 Å². The van der Waals surface area contributed by atoms with Crippen LogP contribution < -0.4 is 10.6 Å². The third kappa shape index (κ3) is 4.96. The first-order valence-electron chi connectivity index (χ1n) is 8.45. The van der Waals surface area contributed by atoms with Gasteiger partial charge in [-0.3, -0.25) is 15.2 Å². The maximum atomic E-state index is 11.9. The molecule has 0 spiro atoms. The van der Waals surface area contributed by atoms with Gasteiger partial charge in [0.05, 0.1) is 30.0 Å². The van der Waals surface area contributed by atoms with Gasteiger partial charge in [-0.15, -0.1) is 0 Å². The number of halogens is 1. The van der Waals surface area contributed by atoms with E-state index in [4.69, 9.17) is 16.3 Å². The van der Waals surface area contributed by atoms with Gasteiger partial charge < -0.3 is 15.4 Å². The van der Waals surface area contributed by atoms with Crippen LogP contribution >= 0.6 is 11.6 Å². The van der Waals surface area contributed by atoms with Crippen LogP contribution in [0.5, 0.6) is 0 Å². The van der Waals surface area contributed by atoms with Gasteiger partial charge in [-0.1, -0.05) is 11.6 Å². The Bertz CT molecular complexity index is 1020. The highest BCUT2D eigenvalue weighted by Gasteiger charge is 2.20. The number of hydrogen-bond donors (Lipinski definition) is 3. The standard InChI is InChI=1S/C17H16ClN7O4/c1-2-29-16(26)12-7-21-24-13(12)8-19-15-14(25(27)28)9-20-17(23-15)22-11-5-3-10(18)4-6-11/h3-7,9H,2,8H2,1H3,(H,21,24)(H2,19,20,22,23). The number of nitrogens with zero attached hydrogens (tertiary/aromatic N) is 4. The summed E-state index contributed by atoms with van der Waals surface area (Å²) < 4.78 is 4.95. The van der Waals surface area contributed by atoms with E-state index >= 15 is 0 Å². The summed E-state index contributed by atoms with van der Waals surface area (Å²) in [5.41, 5.74) is 0.982. The number of aromatic amines is 1. The summed E-state index contributed by atoms with van der Waals surface area (Å²) in [6, 6.07) is 6.81. The predicted octanol–water partition coefficient (Wildman–Crippen LogP) is 3.29. The van der Waals surface area contributed by atoms with Crippen LogP contribution in [-0.4, -0.2) is 37.7 Å². The van der Waals surface area contributed by atoms with Gasteiger partial charge in [-0.05, 0) is 31.2 Å². The van der Waals surface area contributed by atoms with Crippen molar-refractivity contribution in [2.45, 2.75) is 13.5 Å². The number of nitrogens with one attached hydrogen (secondary N) is 3. The molecule has 0 radical (unpaired) electrons. The number of H-pyrrole nitrogens is 1. The molecule has 0 fully saturated rings. The van der Waals surface area contributed by atoms with Crippen LogP contribution in [0.1, 0.15) is 23.0 Å². The lowest BCUT2D eigenvalue weighted by Gasteiger charge is -2.09. The minimum absolute atomic E-state index is 0.0223. The van der Waals surface area contributed by atoms with Crippen LogP contribution in [0, 0.1) is 10.1 Å². The van der Waals surface area contributed by atoms with Gasteiger partial charge >= 0.3 is 11.7 Å². The lowest BCUT2D eigenvalue weighted by Crippen LogP contribution is -2.11. The third-order valence-corrected chi connectivity index (χ3v) is 3.96. The summed E-state index contributed by atoms with van der Waals surface area (Å²) in [5, 5.41) is 24.1. The maximum absolute atomic E-state index is 11.9. The number of nitro groups is 1. The minimum Gasteiger partial charge on any atom is -0.462 e. The average molecular weight is 418 g/mol.